The van der Waals surface area contributed by atoms with Gasteiger partial charge < -0.3 is 10.6 Å². The average Bonchev–Trinajstić information content (AvgIpc) is 2.60. The number of carbonyl (C=O) groups is 1. The molecule has 3 rings (SSSR count). The zero-order valence-corrected chi connectivity index (χ0v) is 14.2. The van der Waals surface area contributed by atoms with E-state index < -0.39 is 5.82 Å². The number of rotatable bonds is 4. The first kappa shape index (κ1) is 17.1. The van der Waals surface area contributed by atoms with Crippen LogP contribution in [0.3, 0.4) is 0 Å². The van der Waals surface area contributed by atoms with Crippen molar-refractivity contribution >= 4 is 57.2 Å². The summed E-state index contributed by atoms with van der Waals surface area (Å²) in [6, 6.07) is 7.57. The Labute approximate surface area is 152 Å². The van der Waals surface area contributed by atoms with Gasteiger partial charge in [-0.05, 0) is 36.4 Å². The van der Waals surface area contributed by atoms with E-state index in [1.165, 1.54) is 12.4 Å². The van der Waals surface area contributed by atoms with Gasteiger partial charge in [0.1, 0.15) is 18.0 Å². The van der Waals surface area contributed by atoms with Gasteiger partial charge in [0.2, 0.25) is 5.91 Å². The number of carbonyl (C=O) groups excluding carboxylic acids is 1. The number of aromatic nitrogens is 2. The zero-order valence-electron chi connectivity index (χ0n) is 12.7. The maximum atomic E-state index is 14.1. The zero-order chi connectivity index (χ0) is 18.0. The van der Waals surface area contributed by atoms with Gasteiger partial charge in [-0.1, -0.05) is 29.8 Å². The second-order valence-electron chi connectivity index (χ2n) is 5.02. The minimum atomic E-state index is -0.572. The number of hydrogen-bond acceptors (Lipinski definition) is 4. The van der Waals surface area contributed by atoms with Crippen molar-refractivity contribution in [3.05, 3.63) is 65.2 Å². The van der Waals surface area contributed by atoms with Crippen molar-refractivity contribution in [1.29, 1.82) is 0 Å². The Morgan fingerprint density at radius 2 is 1.92 bits per heavy atom. The van der Waals surface area contributed by atoms with Crippen molar-refractivity contribution in [3.8, 4) is 0 Å². The van der Waals surface area contributed by atoms with E-state index in [9.17, 15) is 9.18 Å². The van der Waals surface area contributed by atoms with Crippen molar-refractivity contribution in [2.24, 2.45) is 0 Å². The number of halogens is 3. The van der Waals surface area contributed by atoms with Crippen molar-refractivity contribution in [2.75, 3.05) is 10.6 Å². The molecule has 0 saturated carbocycles. The predicted octanol–water partition coefficient (Wildman–Crippen LogP) is 4.94. The lowest BCUT2D eigenvalue weighted by Gasteiger charge is -2.11. The molecule has 0 saturated heterocycles. The molecular formula is C17H11Cl2FN4O. The molecule has 8 heteroatoms. The third-order valence-corrected chi connectivity index (χ3v) is 4.07. The Hall–Kier alpha value is -2.70. The number of fused-ring (bicyclic) bond motifs is 1. The Kier molecular flexibility index (Phi) is 4.83. The van der Waals surface area contributed by atoms with Crippen molar-refractivity contribution in [2.45, 2.75) is 0 Å². The molecule has 25 heavy (non-hydrogen) atoms. The highest BCUT2D eigenvalue weighted by molar-refractivity contribution is 6.42. The van der Waals surface area contributed by atoms with Gasteiger partial charge in [-0.25, -0.2) is 14.4 Å². The second-order valence-corrected chi connectivity index (χ2v) is 5.83. The monoisotopic (exact) mass is 375 g/mol. The molecular weight excluding hydrogens is 365 g/mol. The summed E-state index contributed by atoms with van der Waals surface area (Å²) in [5.74, 6) is -0.560. The largest absolute Gasteiger partial charge is 0.337 e. The predicted molar refractivity (Wildman–Crippen MR) is 98.1 cm³/mol. The van der Waals surface area contributed by atoms with E-state index in [4.69, 9.17) is 23.2 Å². The fourth-order valence-electron chi connectivity index (χ4n) is 2.17. The van der Waals surface area contributed by atoms with Gasteiger partial charge in [-0.15, -0.1) is 0 Å². The molecule has 3 aromatic rings. The Bertz CT molecular complexity index is 994. The summed E-state index contributed by atoms with van der Waals surface area (Å²) in [6.45, 7) is 3.40. The molecule has 0 aliphatic rings. The van der Waals surface area contributed by atoms with Crippen LogP contribution in [0.15, 0.2) is 49.3 Å². The first-order chi connectivity index (χ1) is 12.0. The van der Waals surface area contributed by atoms with Crippen LogP contribution >= 0.6 is 23.2 Å². The number of anilines is 3. The molecule has 1 aromatic heterocycles. The van der Waals surface area contributed by atoms with Crippen molar-refractivity contribution < 1.29 is 9.18 Å². The van der Waals surface area contributed by atoms with Gasteiger partial charge in [0.15, 0.2) is 0 Å². The number of amides is 1. The summed E-state index contributed by atoms with van der Waals surface area (Å²) in [4.78, 5) is 19.7. The molecule has 0 aliphatic carbocycles. The highest BCUT2D eigenvalue weighted by atomic mass is 35.5. The highest BCUT2D eigenvalue weighted by Gasteiger charge is 2.11. The summed E-state index contributed by atoms with van der Waals surface area (Å²) in [5.41, 5.74) is 1.27. The summed E-state index contributed by atoms with van der Waals surface area (Å²) >= 11 is 11.7. The normalized spacial score (nSPS) is 10.5. The van der Waals surface area contributed by atoms with Crippen LogP contribution in [0.25, 0.3) is 10.9 Å². The molecule has 0 fully saturated rings. The van der Waals surface area contributed by atoms with Crippen LogP contribution in [-0.2, 0) is 4.79 Å². The molecule has 0 unspecified atom stereocenters. The van der Waals surface area contributed by atoms with Crippen LogP contribution in [0.4, 0.5) is 21.6 Å². The maximum Gasteiger partial charge on any atom is 0.247 e. The fraction of sp³-hybridized carbons (Fsp3) is 0. The summed E-state index contributed by atoms with van der Waals surface area (Å²) in [6.07, 6.45) is 2.51. The first-order valence-corrected chi connectivity index (χ1v) is 7.83. The number of benzene rings is 2. The molecule has 5 nitrogen and oxygen atoms in total. The fourth-order valence-corrected chi connectivity index (χ4v) is 2.49. The van der Waals surface area contributed by atoms with Gasteiger partial charge in [-0.2, -0.15) is 0 Å². The molecule has 0 spiro atoms. The third-order valence-electron chi connectivity index (χ3n) is 3.35. The Morgan fingerprint density at radius 1 is 1.16 bits per heavy atom. The smallest absolute Gasteiger partial charge is 0.247 e. The van der Waals surface area contributed by atoms with Crippen LogP contribution in [0.1, 0.15) is 0 Å². The minimum absolute atomic E-state index is 0.117. The second kappa shape index (κ2) is 7.04. The lowest BCUT2D eigenvalue weighted by atomic mass is 10.2. The van der Waals surface area contributed by atoms with E-state index in [1.54, 1.807) is 18.2 Å². The molecule has 126 valence electrons. The quantitative estimate of drug-likeness (QED) is 0.500. The molecule has 0 radical (unpaired) electrons. The lowest BCUT2D eigenvalue weighted by Crippen LogP contribution is -2.07. The van der Waals surface area contributed by atoms with E-state index in [0.717, 1.165) is 12.1 Å². The van der Waals surface area contributed by atoms with Gasteiger partial charge in [0.25, 0.3) is 0 Å². The van der Waals surface area contributed by atoms with E-state index >= 15 is 0 Å². The Balaban J connectivity index is 2.03. The highest BCUT2D eigenvalue weighted by Crippen LogP contribution is 2.31. The third kappa shape index (κ3) is 3.70. The van der Waals surface area contributed by atoms with E-state index in [-0.39, 0.29) is 21.6 Å². The van der Waals surface area contributed by atoms with Crippen LogP contribution in [0.5, 0.6) is 0 Å². The Morgan fingerprint density at radius 3 is 2.68 bits per heavy atom. The van der Waals surface area contributed by atoms with E-state index in [1.807, 2.05) is 0 Å². The topological polar surface area (TPSA) is 66.9 Å². The van der Waals surface area contributed by atoms with E-state index in [2.05, 4.69) is 27.2 Å². The molecule has 0 aliphatic heterocycles. The SMILES string of the molecule is C=CC(=O)Nc1ccc2ncnc(Nc3cc(Cl)c(Cl)cc3[18F])c2c1. The molecule has 0 bridgehead atoms. The number of nitrogens with zero attached hydrogens (tertiary/aromatic N) is 2. The summed E-state index contributed by atoms with van der Waals surface area (Å²) in [5, 5.41) is 6.45. The molecule has 1 heterocycles. The average molecular weight is 376 g/mol. The first-order valence-electron chi connectivity index (χ1n) is 7.07. The van der Waals surface area contributed by atoms with Gasteiger partial charge in [0, 0.05) is 11.1 Å². The van der Waals surface area contributed by atoms with Gasteiger partial charge >= 0.3 is 0 Å². The van der Waals surface area contributed by atoms with Gasteiger partial charge in [0.05, 0.1) is 21.2 Å². The van der Waals surface area contributed by atoms with Crippen LogP contribution in [0, 0.1) is 5.82 Å². The van der Waals surface area contributed by atoms with Gasteiger partial charge in [-0.3, -0.25) is 4.79 Å². The number of hydrogen-bond donors (Lipinski definition) is 2. The maximum absolute atomic E-state index is 14.1. The molecule has 1 amide bonds. The van der Waals surface area contributed by atoms with E-state index in [0.29, 0.717) is 22.4 Å². The molecule has 0 atom stereocenters. The van der Waals surface area contributed by atoms with Crippen LogP contribution in [-0.4, -0.2) is 15.9 Å². The minimum Gasteiger partial charge on any atom is -0.337 e. The summed E-state index contributed by atoms with van der Waals surface area (Å²) in [7, 11) is 0. The summed E-state index contributed by atoms with van der Waals surface area (Å²) < 4.78 is 14.1. The molecule has 2 aromatic carbocycles. The lowest BCUT2D eigenvalue weighted by molar-refractivity contribution is -0.111. The van der Waals surface area contributed by atoms with Crippen LogP contribution < -0.4 is 10.6 Å². The number of nitrogens with one attached hydrogen (secondary N) is 2. The standard InChI is InChI=1S/C17H11Cl2FN4O/c1-2-16(25)23-9-3-4-14-10(5-9)17(22-8-21-14)24-15-7-12(19)11(18)6-13(15)20/h2-8H,1H2,(H,23,25)(H,21,22,24)/i20-1. The van der Waals surface area contributed by atoms with Crippen LogP contribution in [0.2, 0.25) is 10.0 Å². The van der Waals surface area contributed by atoms with Crippen molar-refractivity contribution in [1.82, 2.24) is 9.97 Å². The molecule has 2 N–H and O–H groups in total. The van der Waals surface area contributed by atoms with Crippen molar-refractivity contribution in [3.63, 3.8) is 0 Å².